The number of hydrogen-bond donors (Lipinski definition) is 3. The van der Waals surface area contributed by atoms with Crippen molar-refractivity contribution in [3.8, 4) is 0 Å². The van der Waals surface area contributed by atoms with Gasteiger partial charge in [0.1, 0.15) is 5.82 Å². The Balaban J connectivity index is 0.000000351. The normalized spacial score (nSPS) is 19.8. The fourth-order valence-corrected chi connectivity index (χ4v) is 1.85. The summed E-state index contributed by atoms with van der Waals surface area (Å²) in [6.07, 6.45) is -1.43. The van der Waals surface area contributed by atoms with Gasteiger partial charge in [-0.15, -0.1) is 0 Å². The Bertz CT molecular complexity index is 536. The largest absolute Gasteiger partial charge is 0.490 e. The second-order valence-electron chi connectivity index (χ2n) is 5.15. The first-order valence-electron chi connectivity index (χ1n) is 6.93. The first-order valence-corrected chi connectivity index (χ1v) is 6.93. The van der Waals surface area contributed by atoms with Crippen molar-refractivity contribution >= 4 is 11.8 Å². The molecule has 136 valence electrons. The molecule has 2 rings (SSSR count). The molecule has 11 heteroatoms. The average molecular weight is 356 g/mol. The van der Waals surface area contributed by atoms with Crippen molar-refractivity contribution in [3.05, 3.63) is 18.1 Å². The highest BCUT2D eigenvalue weighted by atomic mass is 19.4. The van der Waals surface area contributed by atoms with Gasteiger partial charge in [-0.1, -0.05) is 0 Å². The van der Waals surface area contributed by atoms with Crippen LogP contribution < -0.4 is 10.6 Å². The number of carboxylic acids is 1. The quantitative estimate of drug-likeness (QED) is 0.719. The Morgan fingerprint density at radius 2 is 2.04 bits per heavy atom. The number of halogens is 5. The summed E-state index contributed by atoms with van der Waals surface area (Å²) >= 11 is 0. The molecule has 2 heterocycles. The highest BCUT2D eigenvalue weighted by Gasteiger charge is 2.41. The van der Waals surface area contributed by atoms with E-state index in [-0.39, 0.29) is 13.1 Å². The Morgan fingerprint density at radius 1 is 1.42 bits per heavy atom. The lowest BCUT2D eigenvalue weighted by molar-refractivity contribution is -0.192. The van der Waals surface area contributed by atoms with Crippen molar-refractivity contribution in [2.75, 3.05) is 25.0 Å². The van der Waals surface area contributed by atoms with E-state index in [0.717, 1.165) is 5.69 Å². The molecule has 0 spiro atoms. The third-order valence-electron chi connectivity index (χ3n) is 3.18. The highest BCUT2D eigenvalue weighted by molar-refractivity contribution is 5.73. The molecular weight excluding hydrogens is 339 g/mol. The van der Waals surface area contributed by atoms with Gasteiger partial charge in [0.15, 0.2) is 0 Å². The number of rotatable bonds is 3. The second-order valence-corrected chi connectivity index (χ2v) is 5.15. The van der Waals surface area contributed by atoms with Crippen LogP contribution in [0, 0.1) is 12.8 Å². The molecule has 0 amide bonds. The second kappa shape index (κ2) is 8.18. The molecular formula is C13H17F5N4O2. The van der Waals surface area contributed by atoms with Gasteiger partial charge in [0.05, 0.1) is 24.6 Å². The molecule has 1 atom stereocenters. The monoisotopic (exact) mass is 356 g/mol. The number of anilines is 1. The van der Waals surface area contributed by atoms with Gasteiger partial charge in [0, 0.05) is 12.5 Å². The Labute approximate surface area is 134 Å². The van der Waals surface area contributed by atoms with E-state index in [1.807, 2.05) is 6.92 Å². The van der Waals surface area contributed by atoms with E-state index < -0.39 is 24.0 Å². The van der Waals surface area contributed by atoms with Gasteiger partial charge in [-0.3, -0.25) is 4.98 Å². The standard InChI is InChI=1S/C11H16F2N4.C2HF3O2/c1-8-4-16-10(6-15-8)17-5-9-2-3-14-7-11(9,12)13;3-2(4,5)1(6)7/h4,6,9,14H,2-3,5,7H2,1H3,(H,16,17);(H,6,7)/t9-;/m1./s1. The zero-order valence-corrected chi connectivity index (χ0v) is 12.7. The first-order chi connectivity index (χ1) is 11.0. The highest BCUT2D eigenvalue weighted by Crippen LogP contribution is 2.29. The lowest BCUT2D eigenvalue weighted by Crippen LogP contribution is -2.48. The Morgan fingerprint density at radius 3 is 2.50 bits per heavy atom. The summed E-state index contributed by atoms with van der Waals surface area (Å²) in [5.41, 5.74) is 0.808. The maximum Gasteiger partial charge on any atom is 0.490 e. The number of carboxylic acid groups (broad SMARTS) is 1. The van der Waals surface area contributed by atoms with Gasteiger partial charge < -0.3 is 15.7 Å². The van der Waals surface area contributed by atoms with Crippen LogP contribution in [0.4, 0.5) is 27.8 Å². The number of piperidine rings is 1. The molecule has 1 aromatic heterocycles. The number of aliphatic carboxylic acids is 1. The molecule has 1 fully saturated rings. The van der Waals surface area contributed by atoms with Crippen LogP contribution in [0.1, 0.15) is 12.1 Å². The van der Waals surface area contributed by atoms with Crippen LogP contribution in [-0.4, -0.2) is 52.8 Å². The van der Waals surface area contributed by atoms with Crippen molar-refractivity contribution < 1.29 is 31.9 Å². The third-order valence-corrected chi connectivity index (χ3v) is 3.18. The molecule has 1 aliphatic heterocycles. The minimum absolute atomic E-state index is 0.229. The molecule has 1 aromatic rings. The van der Waals surface area contributed by atoms with Crippen LogP contribution in [-0.2, 0) is 4.79 Å². The van der Waals surface area contributed by atoms with Gasteiger partial charge in [0.25, 0.3) is 5.92 Å². The molecule has 0 aliphatic carbocycles. The summed E-state index contributed by atoms with van der Waals surface area (Å²) in [6, 6.07) is 0. The van der Waals surface area contributed by atoms with E-state index in [2.05, 4.69) is 20.6 Å². The van der Waals surface area contributed by atoms with Crippen LogP contribution >= 0.6 is 0 Å². The van der Waals surface area contributed by atoms with Gasteiger partial charge in [-0.2, -0.15) is 13.2 Å². The number of aryl methyl sites for hydroxylation is 1. The summed E-state index contributed by atoms with van der Waals surface area (Å²) in [7, 11) is 0. The summed E-state index contributed by atoms with van der Waals surface area (Å²) < 4.78 is 58.7. The number of nitrogens with zero attached hydrogens (tertiary/aromatic N) is 2. The fourth-order valence-electron chi connectivity index (χ4n) is 1.85. The zero-order chi connectivity index (χ0) is 18.4. The maximum absolute atomic E-state index is 13.5. The fraction of sp³-hybridized carbons (Fsp3) is 0.615. The van der Waals surface area contributed by atoms with Crippen molar-refractivity contribution in [3.63, 3.8) is 0 Å². The SMILES string of the molecule is Cc1cnc(NC[C@H]2CCNCC2(F)F)cn1.O=C(O)C(F)(F)F. The summed E-state index contributed by atoms with van der Waals surface area (Å²) in [5.74, 6) is -5.51. The summed E-state index contributed by atoms with van der Waals surface area (Å²) in [6.45, 7) is 2.46. The van der Waals surface area contributed by atoms with E-state index in [1.54, 1.807) is 12.4 Å². The van der Waals surface area contributed by atoms with Crippen molar-refractivity contribution in [2.45, 2.75) is 25.4 Å². The third kappa shape index (κ3) is 6.60. The minimum atomic E-state index is -5.08. The molecule has 1 saturated heterocycles. The molecule has 1 aliphatic rings. The van der Waals surface area contributed by atoms with E-state index >= 15 is 0 Å². The number of alkyl halides is 5. The first kappa shape index (κ1) is 20.0. The molecule has 0 bridgehead atoms. The Hall–Kier alpha value is -2.04. The van der Waals surface area contributed by atoms with Gasteiger partial charge in [-0.05, 0) is 19.9 Å². The summed E-state index contributed by atoms with van der Waals surface area (Å²) in [4.78, 5) is 17.0. The van der Waals surface area contributed by atoms with E-state index in [0.29, 0.717) is 18.8 Å². The molecule has 6 nitrogen and oxygen atoms in total. The lowest BCUT2D eigenvalue weighted by Gasteiger charge is -2.31. The molecule has 0 radical (unpaired) electrons. The van der Waals surface area contributed by atoms with Crippen molar-refractivity contribution in [1.82, 2.24) is 15.3 Å². The zero-order valence-electron chi connectivity index (χ0n) is 12.7. The van der Waals surface area contributed by atoms with Crippen molar-refractivity contribution in [1.29, 1.82) is 0 Å². The molecule has 0 aromatic carbocycles. The van der Waals surface area contributed by atoms with Crippen LogP contribution in [0.2, 0.25) is 0 Å². The van der Waals surface area contributed by atoms with Gasteiger partial charge >= 0.3 is 12.1 Å². The van der Waals surface area contributed by atoms with Crippen LogP contribution in [0.25, 0.3) is 0 Å². The van der Waals surface area contributed by atoms with E-state index in [4.69, 9.17) is 9.90 Å². The molecule has 24 heavy (non-hydrogen) atoms. The number of carbonyl (C=O) groups is 1. The maximum atomic E-state index is 13.5. The predicted octanol–water partition coefficient (Wildman–Crippen LogP) is 2.08. The van der Waals surface area contributed by atoms with Crippen LogP contribution in [0.5, 0.6) is 0 Å². The minimum Gasteiger partial charge on any atom is -0.475 e. The Kier molecular flexibility index (Phi) is 6.81. The molecule has 3 N–H and O–H groups in total. The molecule has 0 unspecified atom stereocenters. The van der Waals surface area contributed by atoms with Crippen LogP contribution in [0.15, 0.2) is 12.4 Å². The van der Waals surface area contributed by atoms with E-state index in [1.165, 1.54) is 0 Å². The lowest BCUT2D eigenvalue weighted by atomic mass is 9.94. The molecule has 0 saturated carbocycles. The number of nitrogens with one attached hydrogen (secondary N) is 2. The summed E-state index contributed by atoms with van der Waals surface area (Å²) in [5, 5.41) is 12.7. The number of hydrogen-bond acceptors (Lipinski definition) is 5. The van der Waals surface area contributed by atoms with E-state index in [9.17, 15) is 22.0 Å². The van der Waals surface area contributed by atoms with Gasteiger partial charge in [-0.25, -0.2) is 18.6 Å². The average Bonchev–Trinajstić information content (AvgIpc) is 2.47. The van der Waals surface area contributed by atoms with Crippen molar-refractivity contribution in [2.24, 2.45) is 5.92 Å². The van der Waals surface area contributed by atoms with Crippen LogP contribution in [0.3, 0.4) is 0 Å². The smallest absolute Gasteiger partial charge is 0.475 e. The van der Waals surface area contributed by atoms with Gasteiger partial charge in [0.2, 0.25) is 0 Å². The number of aromatic nitrogens is 2. The topological polar surface area (TPSA) is 87.1 Å². The predicted molar refractivity (Wildman–Crippen MR) is 74.9 cm³/mol.